The molecule has 0 atom stereocenters. The summed E-state index contributed by atoms with van der Waals surface area (Å²) in [5, 5.41) is 9.93. The fraction of sp³-hybridized carbons (Fsp3) is 0.308. The average Bonchev–Trinajstić information content (AvgIpc) is 2.35. The molecule has 1 aromatic heterocycles. The van der Waals surface area contributed by atoms with E-state index in [1.165, 1.54) is 0 Å². The summed E-state index contributed by atoms with van der Waals surface area (Å²) in [4.78, 5) is 4.22. The highest BCUT2D eigenvalue weighted by molar-refractivity contribution is 7.71. The predicted octanol–water partition coefficient (Wildman–Crippen LogP) is 3.37. The van der Waals surface area contributed by atoms with Gasteiger partial charge < -0.3 is 10.1 Å². The molecule has 6 heteroatoms. The van der Waals surface area contributed by atoms with Crippen LogP contribution in [-0.2, 0) is 0 Å². The Labute approximate surface area is 117 Å². The maximum absolute atomic E-state index is 5.74. The van der Waals surface area contributed by atoms with Crippen LogP contribution in [0.1, 0.15) is 19.5 Å². The fourth-order valence-corrected chi connectivity index (χ4v) is 1.70. The Morgan fingerprint density at radius 1 is 1.32 bits per heavy atom. The van der Waals surface area contributed by atoms with Crippen molar-refractivity contribution in [1.82, 2.24) is 15.2 Å². The molecule has 19 heavy (non-hydrogen) atoms. The molecule has 2 rings (SSSR count). The topological polar surface area (TPSA) is 62.8 Å². The van der Waals surface area contributed by atoms with Crippen molar-refractivity contribution in [3.8, 4) is 5.75 Å². The number of hydrogen-bond acceptors (Lipinski definition) is 5. The SMILES string of the molecule is Cc1n[nH]c(=S)nc1Nc1ccccc1OC(C)C. The van der Waals surface area contributed by atoms with Gasteiger partial charge in [-0.25, -0.2) is 0 Å². The second kappa shape index (κ2) is 5.79. The third kappa shape index (κ3) is 3.51. The minimum Gasteiger partial charge on any atom is -0.489 e. The molecule has 0 aliphatic rings. The van der Waals surface area contributed by atoms with Gasteiger partial charge in [0, 0.05) is 0 Å². The summed E-state index contributed by atoms with van der Waals surface area (Å²) in [5.41, 5.74) is 1.59. The molecule has 100 valence electrons. The molecule has 0 fully saturated rings. The third-order valence-corrected chi connectivity index (χ3v) is 2.56. The molecule has 2 aromatic rings. The maximum Gasteiger partial charge on any atom is 0.215 e. The Morgan fingerprint density at radius 2 is 2.05 bits per heavy atom. The van der Waals surface area contributed by atoms with Crippen LogP contribution in [0.2, 0.25) is 0 Å². The lowest BCUT2D eigenvalue weighted by molar-refractivity contribution is 0.244. The molecule has 1 aromatic carbocycles. The molecule has 0 aliphatic carbocycles. The van der Waals surface area contributed by atoms with Gasteiger partial charge in [-0.3, -0.25) is 5.10 Å². The summed E-state index contributed by atoms with van der Waals surface area (Å²) in [6, 6.07) is 7.70. The molecule has 1 heterocycles. The second-order valence-corrected chi connectivity index (χ2v) is 4.75. The van der Waals surface area contributed by atoms with Crippen LogP contribution in [0.4, 0.5) is 11.5 Å². The van der Waals surface area contributed by atoms with E-state index in [0.717, 1.165) is 17.1 Å². The number of anilines is 2. The summed E-state index contributed by atoms with van der Waals surface area (Å²) >= 11 is 4.98. The maximum atomic E-state index is 5.74. The van der Waals surface area contributed by atoms with Crippen LogP contribution in [0.15, 0.2) is 24.3 Å². The molecular formula is C13H16N4OS. The van der Waals surface area contributed by atoms with E-state index in [9.17, 15) is 0 Å². The molecule has 0 unspecified atom stereocenters. The van der Waals surface area contributed by atoms with Gasteiger partial charge in [0.2, 0.25) is 4.77 Å². The zero-order valence-corrected chi connectivity index (χ0v) is 11.9. The van der Waals surface area contributed by atoms with Gasteiger partial charge in [-0.2, -0.15) is 10.1 Å². The summed E-state index contributed by atoms with van der Waals surface area (Å²) in [6.07, 6.45) is 0.105. The minimum absolute atomic E-state index is 0.105. The molecule has 0 saturated heterocycles. The van der Waals surface area contributed by atoms with Crippen molar-refractivity contribution in [2.75, 3.05) is 5.32 Å². The van der Waals surface area contributed by atoms with Gasteiger partial charge in [-0.1, -0.05) is 12.1 Å². The van der Waals surface area contributed by atoms with Crippen LogP contribution < -0.4 is 10.1 Å². The van der Waals surface area contributed by atoms with Gasteiger partial charge in [-0.15, -0.1) is 0 Å². The number of ether oxygens (including phenoxy) is 1. The van der Waals surface area contributed by atoms with Crippen molar-refractivity contribution < 1.29 is 4.74 Å². The number of para-hydroxylation sites is 2. The highest BCUT2D eigenvalue weighted by atomic mass is 32.1. The highest BCUT2D eigenvalue weighted by Gasteiger charge is 2.08. The molecule has 0 radical (unpaired) electrons. The number of aromatic nitrogens is 3. The fourth-order valence-electron chi connectivity index (χ4n) is 1.56. The Balaban J connectivity index is 2.32. The van der Waals surface area contributed by atoms with E-state index in [4.69, 9.17) is 17.0 Å². The Kier molecular flexibility index (Phi) is 4.11. The largest absolute Gasteiger partial charge is 0.489 e. The van der Waals surface area contributed by atoms with E-state index in [2.05, 4.69) is 20.5 Å². The number of benzene rings is 1. The molecular weight excluding hydrogens is 260 g/mol. The van der Waals surface area contributed by atoms with Crippen molar-refractivity contribution >= 4 is 23.7 Å². The van der Waals surface area contributed by atoms with Crippen molar-refractivity contribution in [2.24, 2.45) is 0 Å². The number of nitrogens with one attached hydrogen (secondary N) is 2. The van der Waals surface area contributed by atoms with E-state index in [1.807, 2.05) is 45.0 Å². The quantitative estimate of drug-likeness (QED) is 0.838. The van der Waals surface area contributed by atoms with Crippen molar-refractivity contribution in [1.29, 1.82) is 0 Å². The van der Waals surface area contributed by atoms with Crippen LogP contribution >= 0.6 is 12.2 Å². The number of rotatable bonds is 4. The van der Waals surface area contributed by atoms with E-state index in [1.54, 1.807) is 0 Å². The zero-order valence-electron chi connectivity index (χ0n) is 11.1. The standard InChI is InChI=1S/C13H16N4OS/c1-8(2)18-11-7-5-4-6-10(11)14-12-9(3)16-17-13(19)15-12/h4-8H,1-3H3,(H2,14,15,17,19). The molecule has 0 spiro atoms. The Hall–Kier alpha value is -1.95. The lowest BCUT2D eigenvalue weighted by Crippen LogP contribution is -2.08. The summed E-state index contributed by atoms with van der Waals surface area (Å²) in [7, 11) is 0. The van der Waals surface area contributed by atoms with Crippen LogP contribution in [0, 0.1) is 11.7 Å². The van der Waals surface area contributed by atoms with Crippen molar-refractivity contribution in [2.45, 2.75) is 26.9 Å². The lowest BCUT2D eigenvalue weighted by atomic mass is 10.3. The van der Waals surface area contributed by atoms with Gasteiger partial charge in [0.25, 0.3) is 0 Å². The van der Waals surface area contributed by atoms with Crippen LogP contribution in [0.5, 0.6) is 5.75 Å². The van der Waals surface area contributed by atoms with Crippen LogP contribution in [0.25, 0.3) is 0 Å². The summed E-state index contributed by atoms with van der Waals surface area (Å²) in [5.74, 6) is 1.40. The molecule has 0 saturated carbocycles. The van der Waals surface area contributed by atoms with E-state index in [0.29, 0.717) is 10.6 Å². The Bertz CT molecular complexity index is 624. The van der Waals surface area contributed by atoms with Crippen LogP contribution in [0.3, 0.4) is 0 Å². The number of H-pyrrole nitrogens is 1. The zero-order chi connectivity index (χ0) is 13.8. The van der Waals surface area contributed by atoms with Gasteiger partial charge in [-0.05, 0) is 45.1 Å². The molecule has 2 N–H and O–H groups in total. The summed E-state index contributed by atoms with van der Waals surface area (Å²) < 4.78 is 6.09. The first-order valence-corrected chi connectivity index (χ1v) is 6.43. The van der Waals surface area contributed by atoms with E-state index < -0.39 is 0 Å². The van der Waals surface area contributed by atoms with Crippen LogP contribution in [-0.4, -0.2) is 21.3 Å². The highest BCUT2D eigenvalue weighted by Crippen LogP contribution is 2.28. The van der Waals surface area contributed by atoms with E-state index in [-0.39, 0.29) is 6.10 Å². The third-order valence-electron chi connectivity index (χ3n) is 2.38. The Morgan fingerprint density at radius 3 is 2.79 bits per heavy atom. The van der Waals surface area contributed by atoms with Crippen molar-refractivity contribution in [3.63, 3.8) is 0 Å². The first-order valence-electron chi connectivity index (χ1n) is 6.02. The minimum atomic E-state index is 0.105. The average molecular weight is 276 g/mol. The van der Waals surface area contributed by atoms with Gasteiger partial charge in [0.1, 0.15) is 11.4 Å². The number of aryl methyl sites for hydroxylation is 1. The molecule has 0 amide bonds. The number of aromatic amines is 1. The molecule has 0 aliphatic heterocycles. The first kappa shape index (κ1) is 13.5. The second-order valence-electron chi connectivity index (χ2n) is 4.36. The van der Waals surface area contributed by atoms with E-state index >= 15 is 0 Å². The monoisotopic (exact) mass is 276 g/mol. The first-order chi connectivity index (χ1) is 9.06. The summed E-state index contributed by atoms with van der Waals surface area (Å²) in [6.45, 7) is 5.83. The van der Waals surface area contributed by atoms with Gasteiger partial charge in [0.05, 0.1) is 11.8 Å². The lowest BCUT2D eigenvalue weighted by Gasteiger charge is -2.15. The number of nitrogens with zero attached hydrogens (tertiary/aromatic N) is 2. The molecule has 0 bridgehead atoms. The van der Waals surface area contributed by atoms with Crippen molar-refractivity contribution in [3.05, 3.63) is 34.7 Å². The normalized spacial score (nSPS) is 10.5. The number of hydrogen-bond donors (Lipinski definition) is 2. The molecule has 5 nitrogen and oxygen atoms in total. The smallest absolute Gasteiger partial charge is 0.215 e. The van der Waals surface area contributed by atoms with Gasteiger partial charge >= 0.3 is 0 Å². The van der Waals surface area contributed by atoms with Gasteiger partial charge in [0.15, 0.2) is 5.82 Å². The predicted molar refractivity (Wildman–Crippen MR) is 77.4 cm³/mol.